The van der Waals surface area contributed by atoms with Crippen LogP contribution in [-0.4, -0.2) is 23.6 Å². The van der Waals surface area contributed by atoms with Gasteiger partial charge in [-0.2, -0.15) is 11.8 Å². The van der Waals surface area contributed by atoms with Gasteiger partial charge in [0.25, 0.3) is 0 Å². The van der Waals surface area contributed by atoms with E-state index in [2.05, 4.69) is 11.8 Å². The average molecular weight is 172 g/mol. The molecule has 0 saturated carbocycles. The van der Waals surface area contributed by atoms with Crippen molar-refractivity contribution in [2.75, 3.05) is 13.1 Å². The number of hydrogen-bond acceptors (Lipinski definition) is 3. The van der Waals surface area contributed by atoms with Crippen LogP contribution < -0.4 is 11.5 Å². The van der Waals surface area contributed by atoms with Crippen LogP contribution in [0, 0.1) is 11.8 Å². The van der Waals surface area contributed by atoms with E-state index in [0.717, 1.165) is 35.4 Å². The maximum absolute atomic E-state index is 5.66. The predicted octanol–water partition coefficient (Wildman–Crippen LogP) is 0.414. The molecule has 0 aliphatic carbocycles. The summed E-state index contributed by atoms with van der Waals surface area (Å²) in [5.41, 5.74) is 11.3. The smallest absolute Gasteiger partial charge is 0.00941 e. The molecular formula is C8H16N2S. The van der Waals surface area contributed by atoms with Crippen molar-refractivity contribution < 1.29 is 0 Å². The van der Waals surface area contributed by atoms with Gasteiger partial charge < -0.3 is 11.5 Å². The van der Waals surface area contributed by atoms with Gasteiger partial charge in [0.1, 0.15) is 0 Å². The molecule has 4 unspecified atom stereocenters. The van der Waals surface area contributed by atoms with Crippen molar-refractivity contribution in [3.05, 3.63) is 0 Å². The molecule has 2 fully saturated rings. The van der Waals surface area contributed by atoms with Crippen molar-refractivity contribution in [1.29, 1.82) is 0 Å². The second kappa shape index (κ2) is 2.96. The van der Waals surface area contributed by atoms with Crippen molar-refractivity contribution in [2.45, 2.75) is 23.3 Å². The molecule has 2 aliphatic heterocycles. The minimum absolute atomic E-state index is 0.799. The molecule has 0 aromatic rings. The fourth-order valence-electron chi connectivity index (χ4n) is 2.34. The first kappa shape index (κ1) is 7.90. The molecule has 2 saturated heterocycles. The fraction of sp³-hybridized carbons (Fsp3) is 1.00. The molecule has 11 heavy (non-hydrogen) atoms. The van der Waals surface area contributed by atoms with Gasteiger partial charge in [0.05, 0.1) is 0 Å². The van der Waals surface area contributed by atoms with Gasteiger partial charge >= 0.3 is 0 Å². The quantitative estimate of drug-likeness (QED) is 0.634. The van der Waals surface area contributed by atoms with Crippen LogP contribution in [0.1, 0.15) is 12.8 Å². The number of hydrogen-bond donors (Lipinski definition) is 2. The SMILES string of the molecule is NCC1CC2SC1CC2CN. The van der Waals surface area contributed by atoms with E-state index < -0.39 is 0 Å². The highest BCUT2D eigenvalue weighted by Gasteiger charge is 2.44. The van der Waals surface area contributed by atoms with Crippen LogP contribution in [0.2, 0.25) is 0 Å². The van der Waals surface area contributed by atoms with Gasteiger partial charge in [-0.3, -0.25) is 0 Å². The van der Waals surface area contributed by atoms with E-state index in [1.165, 1.54) is 12.8 Å². The van der Waals surface area contributed by atoms with Crippen molar-refractivity contribution >= 4 is 11.8 Å². The Bertz CT molecular complexity index is 135. The largest absolute Gasteiger partial charge is 0.330 e. The molecule has 4 atom stereocenters. The van der Waals surface area contributed by atoms with Crippen LogP contribution in [0.5, 0.6) is 0 Å². The summed E-state index contributed by atoms with van der Waals surface area (Å²) in [5.74, 6) is 1.60. The highest BCUT2D eigenvalue weighted by Crippen LogP contribution is 2.51. The van der Waals surface area contributed by atoms with Crippen molar-refractivity contribution in [3.8, 4) is 0 Å². The van der Waals surface area contributed by atoms with E-state index >= 15 is 0 Å². The number of rotatable bonds is 2. The molecule has 0 aromatic heterocycles. The molecule has 0 amide bonds. The van der Waals surface area contributed by atoms with Crippen LogP contribution in [-0.2, 0) is 0 Å². The summed E-state index contributed by atoms with van der Waals surface area (Å²) in [5, 5.41) is 1.69. The Morgan fingerprint density at radius 1 is 1.00 bits per heavy atom. The number of nitrogens with two attached hydrogens (primary N) is 2. The van der Waals surface area contributed by atoms with E-state index in [1.54, 1.807) is 0 Å². The lowest BCUT2D eigenvalue weighted by atomic mass is 9.82. The normalized spacial score (nSPS) is 48.5. The van der Waals surface area contributed by atoms with Gasteiger partial charge in [-0.15, -0.1) is 0 Å². The molecule has 0 spiro atoms. The molecule has 0 radical (unpaired) electrons. The fourth-order valence-corrected chi connectivity index (χ4v) is 4.39. The molecule has 3 heteroatoms. The Morgan fingerprint density at radius 2 is 1.45 bits per heavy atom. The van der Waals surface area contributed by atoms with Gasteiger partial charge in [-0.05, 0) is 37.8 Å². The van der Waals surface area contributed by atoms with Crippen LogP contribution in [0.4, 0.5) is 0 Å². The third-order valence-electron chi connectivity index (χ3n) is 3.08. The molecule has 0 aromatic carbocycles. The molecule has 4 N–H and O–H groups in total. The van der Waals surface area contributed by atoms with E-state index in [0.29, 0.717) is 0 Å². The number of fused-ring (bicyclic) bond motifs is 2. The predicted molar refractivity (Wildman–Crippen MR) is 49.5 cm³/mol. The van der Waals surface area contributed by atoms with Gasteiger partial charge in [0, 0.05) is 10.5 Å². The Hall–Kier alpha value is 0.270. The zero-order valence-electron chi connectivity index (χ0n) is 6.70. The molecule has 2 heterocycles. The lowest BCUT2D eigenvalue weighted by Gasteiger charge is -2.24. The summed E-state index contributed by atoms with van der Waals surface area (Å²) in [6.45, 7) is 1.76. The lowest BCUT2D eigenvalue weighted by molar-refractivity contribution is 0.339. The van der Waals surface area contributed by atoms with Gasteiger partial charge in [-0.1, -0.05) is 0 Å². The van der Waals surface area contributed by atoms with Gasteiger partial charge in [0.2, 0.25) is 0 Å². The summed E-state index contributed by atoms with van der Waals surface area (Å²) < 4.78 is 0. The van der Waals surface area contributed by atoms with Gasteiger partial charge in [-0.25, -0.2) is 0 Å². The van der Waals surface area contributed by atoms with Crippen molar-refractivity contribution in [2.24, 2.45) is 23.3 Å². The highest BCUT2D eigenvalue weighted by atomic mass is 32.2. The molecule has 64 valence electrons. The topological polar surface area (TPSA) is 52.0 Å². The number of thioether (sulfide) groups is 1. The third kappa shape index (κ3) is 1.19. The third-order valence-corrected chi connectivity index (χ3v) is 4.93. The summed E-state index contributed by atoms with van der Waals surface area (Å²) in [6, 6.07) is 0. The standard InChI is InChI=1S/C8H16N2S/c9-3-5-1-7-6(4-10)2-8(5)11-7/h5-8H,1-4,9-10H2. The Labute approximate surface area is 72.1 Å². The molecule has 2 aliphatic rings. The monoisotopic (exact) mass is 172 g/mol. The van der Waals surface area contributed by atoms with Crippen LogP contribution in [0.25, 0.3) is 0 Å². The second-order valence-electron chi connectivity index (χ2n) is 3.68. The maximum atomic E-state index is 5.66. The summed E-state index contributed by atoms with van der Waals surface area (Å²) in [7, 11) is 0. The van der Waals surface area contributed by atoms with Crippen molar-refractivity contribution in [3.63, 3.8) is 0 Å². The first-order valence-corrected chi connectivity index (χ1v) is 5.35. The summed E-state index contributed by atoms with van der Waals surface area (Å²) in [4.78, 5) is 0. The summed E-state index contributed by atoms with van der Waals surface area (Å²) in [6.07, 6.45) is 2.65. The minimum atomic E-state index is 0.799. The van der Waals surface area contributed by atoms with Crippen LogP contribution >= 0.6 is 11.8 Å². The second-order valence-corrected chi connectivity index (χ2v) is 5.16. The molecule has 2 nitrogen and oxygen atoms in total. The Morgan fingerprint density at radius 3 is 1.73 bits per heavy atom. The zero-order chi connectivity index (χ0) is 7.84. The van der Waals surface area contributed by atoms with E-state index in [1.807, 2.05) is 0 Å². The average Bonchev–Trinajstić information content (AvgIpc) is 2.60. The minimum Gasteiger partial charge on any atom is -0.330 e. The first-order valence-electron chi connectivity index (χ1n) is 4.40. The van der Waals surface area contributed by atoms with E-state index in [-0.39, 0.29) is 0 Å². The zero-order valence-corrected chi connectivity index (χ0v) is 7.52. The first-order chi connectivity index (χ1) is 5.35. The van der Waals surface area contributed by atoms with Crippen molar-refractivity contribution in [1.82, 2.24) is 0 Å². The molecular weight excluding hydrogens is 156 g/mol. The molecule has 2 rings (SSSR count). The van der Waals surface area contributed by atoms with Crippen LogP contribution in [0.3, 0.4) is 0 Å². The van der Waals surface area contributed by atoms with E-state index in [9.17, 15) is 0 Å². The van der Waals surface area contributed by atoms with Gasteiger partial charge in [0.15, 0.2) is 0 Å². The Kier molecular flexibility index (Phi) is 2.12. The maximum Gasteiger partial charge on any atom is 0.00941 e. The lowest BCUT2D eigenvalue weighted by Crippen LogP contribution is -2.31. The Balaban J connectivity index is 1.97. The highest BCUT2D eigenvalue weighted by molar-refractivity contribution is 8.01. The van der Waals surface area contributed by atoms with Crippen LogP contribution in [0.15, 0.2) is 0 Å². The molecule has 2 bridgehead atoms. The summed E-state index contributed by atoms with van der Waals surface area (Å²) >= 11 is 2.14. The van der Waals surface area contributed by atoms with E-state index in [4.69, 9.17) is 11.5 Å².